The Morgan fingerprint density at radius 1 is 1.08 bits per heavy atom. The van der Waals surface area contributed by atoms with Gasteiger partial charge in [0, 0.05) is 38.5 Å². The Hall–Kier alpha value is -2.12. The molecule has 0 atom stereocenters. The van der Waals surface area contributed by atoms with Crippen molar-refractivity contribution in [1.29, 1.82) is 0 Å². The van der Waals surface area contributed by atoms with Gasteiger partial charge in [-0.3, -0.25) is 9.59 Å². The summed E-state index contributed by atoms with van der Waals surface area (Å²) in [6.07, 6.45) is 1.07. The van der Waals surface area contributed by atoms with Crippen molar-refractivity contribution in [1.82, 2.24) is 5.32 Å². The minimum Gasteiger partial charge on any atom is -0.381 e. The number of carbonyl (C=O) groups excluding carboxylic acids is 2. The van der Waals surface area contributed by atoms with Crippen LogP contribution < -0.4 is 16.0 Å². The van der Waals surface area contributed by atoms with Crippen LogP contribution in [-0.2, 0) is 14.3 Å². The van der Waals surface area contributed by atoms with Gasteiger partial charge in [-0.2, -0.15) is 0 Å². The topological polar surface area (TPSA) is 93.9 Å². The first kappa shape index (κ1) is 17.7. The number of ether oxygens (including phenoxy) is 2. The van der Waals surface area contributed by atoms with E-state index in [4.69, 9.17) is 15.2 Å². The average molecular weight is 347 g/mol. The van der Waals surface area contributed by atoms with Crippen molar-refractivity contribution in [3.63, 3.8) is 0 Å². The SMILES string of the molecule is NC(=O)C1(CNC(=O)c2ccccc2N2CCOCC2)CCOCC1. The summed E-state index contributed by atoms with van der Waals surface area (Å²) in [6.45, 7) is 4.04. The van der Waals surface area contributed by atoms with Crippen LogP contribution in [0.1, 0.15) is 23.2 Å². The zero-order valence-corrected chi connectivity index (χ0v) is 14.3. The lowest BCUT2D eigenvalue weighted by atomic mass is 9.79. The Kier molecular flexibility index (Phi) is 5.55. The molecule has 2 amide bonds. The number of nitrogens with two attached hydrogens (primary N) is 1. The lowest BCUT2D eigenvalue weighted by Crippen LogP contribution is -2.49. The molecule has 0 radical (unpaired) electrons. The number of primary amides is 1. The molecule has 136 valence electrons. The van der Waals surface area contributed by atoms with E-state index < -0.39 is 5.41 Å². The van der Waals surface area contributed by atoms with Crippen LogP contribution in [-0.4, -0.2) is 57.9 Å². The second-order valence-electron chi connectivity index (χ2n) is 6.56. The van der Waals surface area contributed by atoms with Crippen LogP contribution in [0, 0.1) is 5.41 Å². The number of rotatable bonds is 5. The summed E-state index contributed by atoms with van der Waals surface area (Å²) in [7, 11) is 0. The van der Waals surface area contributed by atoms with Gasteiger partial charge in [-0.15, -0.1) is 0 Å². The zero-order chi connectivity index (χ0) is 17.7. The average Bonchev–Trinajstić information content (AvgIpc) is 2.67. The van der Waals surface area contributed by atoms with Gasteiger partial charge in [-0.1, -0.05) is 12.1 Å². The molecule has 7 nitrogen and oxygen atoms in total. The van der Waals surface area contributed by atoms with E-state index >= 15 is 0 Å². The van der Waals surface area contributed by atoms with Gasteiger partial charge in [-0.05, 0) is 25.0 Å². The number of benzene rings is 1. The van der Waals surface area contributed by atoms with Crippen LogP contribution in [0.3, 0.4) is 0 Å². The van der Waals surface area contributed by atoms with E-state index in [1.807, 2.05) is 18.2 Å². The number of amides is 2. The molecule has 3 rings (SSSR count). The van der Waals surface area contributed by atoms with Gasteiger partial charge in [0.05, 0.1) is 24.2 Å². The van der Waals surface area contributed by atoms with E-state index in [1.54, 1.807) is 6.07 Å². The molecule has 2 heterocycles. The molecule has 1 aromatic carbocycles. The monoisotopic (exact) mass is 347 g/mol. The third kappa shape index (κ3) is 3.93. The van der Waals surface area contributed by atoms with Crippen molar-refractivity contribution in [3.05, 3.63) is 29.8 Å². The molecule has 0 saturated carbocycles. The highest BCUT2D eigenvalue weighted by atomic mass is 16.5. The molecular formula is C18H25N3O4. The second-order valence-corrected chi connectivity index (χ2v) is 6.56. The van der Waals surface area contributed by atoms with Gasteiger partial charge >= 0.3 is 0 Å². The van der Waals surface area contributed by atoms with Crippen LogP contribution in [0.15, 0.2) is 24.3 Å². The van der Waals surface area contributed by atoms with Gasteiger partial charge in [0.2, 0.25) is 5.91 Å². The van der Waals surface area contributed by atoms with Crippen LogP contribution >= 0.6 is 0 Å². The molecule has 0 aliphatic carbocycles. The molecule has 0 bridgehead atoms. The second kappa shape index (κ2) is 7.84. The smallest absolute Gasteiger partial charge is 0.253 e. The van der Waals surface area contributed by atoms with Gasteiger partial charge < -0.3 is 25.4 Å². The number of carbonyl (C=O) groups is 2. The van der Waals surface area contributed by atoms with E-state index in [2.05, 4.69) is 10.2 Å². The van der Waals surface area contributed by atoms with E-state index in [0.29, 0.717) is 44.8 Å². The quantitative estimate of drug-likeness (QED) is 0.811. The molecule has 0 unspecified atom stereocenters. The Balaban J connectivity index is 1.72. The van der Waals surface area contributed by atoms with Crippen molar-refractivity contribution in [2.75, 3.05) is 51.0 Å². The maximum atomic E-state index is 12.8. The maximum absolute atomic E-state index is 12.8. The molecule has 3 N–H and O–H groups in total. The van der Waals surface area contributed by atoms with Crippen LogP contribution in [0.25, 0.3) is 0 Å². The fraction of sp³-hybridized carbons (Fsp3) is 0.556. The first-order chi connectivity index (χ1) is 12.1. The zero-order valence-electron chi connectivity index (χ0n) is 14.3. The Morgan fingerprint density at radius 3 is 2.40 bits per heavy atom. The van der Waals surface area contributed by atoms with Gasteiger partial charge in [0.25, 0.3) is 5.91 Å². The van der Waals surface area contributed by atoms with Crippen molar-refractivity contribution in [2.45, 2.75) is 12.8 Å². The number of morpholine rings is 1. The molecule has 2 aliphatic rings. The summed E-state index contributed by atoms with van der Waals surface area (Å²) in [5.74, 6) is -0.563. The minimum absolute atomic E-state index is 0.186. The van der Waals surface area contributed by atoms with Crippen molar-refractivity contribution < 1.29 is 19.1 Å². The summed E-state index contributed by atoms with van der Waals surface area (Å²) < 4.78 is 10.7. The predicted molar refractivity (Wildman–Crippen MR) is 93.5 cm³/mol. The molecular weight excluding hydrogens is 322 g/mol. The lowest BCUT2D eigenvalue weighted by molar-refractivity contribution is -0.132. The highest BCUT2D eigenvalue weighted by Crippen LogP contribution is 2.30. The van der Waals surface area contributed by atoms with Crippen molar-refractivity contribution >= 4 is 17.5 Å². The van der Waals surface area contributed by atoms with E-state index in [1.165, 1.54) is 0 Å². The minimum atomic E-state index is -0.720. The van der Waals surface area contributed by atoms with Gasteiger partial charge in [0.1, 0.15) is 0 Å². The van der Waals surface area contributed by atoms with E-state index in [0.717, 1.165) is 18.8 Å². The van der Waals surface area contributed by atoms with Gasteiger partial charge in [-0.25, -0.2) is 0 Å². The highest BCUT2D eigenvalue weighted by molar-refractivity contribution is 6.00. The van der Waals surface area contributed by atoms with Crippen molar-refractivity contribution in [3.8, 4) is 0 Å². The number of hydrogen-bond acceptors (Lipinski definition) is 5. The van der Waals surface area contributed by atoms with E-state index in [9.17, 15) is 9.59 Å². The summed E-state index contributed by atoms with van der Waals surface area (Å²) in [5, 5.41) is 2.92. The lowest BCUT2D eigenvalue weighted by Gasteiger charge is -2.34. The van der Waals surface area contributed by atoms with Gasteiger partial charge in [0.15, 0.2) is 0 Å². The predicted octanol–water partition coefficient (Wildman–Crippen LogP) is 0.535. The summed E-state index contributed by atoms with van der Waals surface area (Å²) in [5.41, 5.74) is 6.39. The number of nitrogens with one attached hydrogen (secondary N) is 1. The summed E-state index contributed by atoms with van der Waals surface area (Å²) in [6, 6.07) is 7.52. The first-order valence-electron chi connectivity index (χ1n) is 8.70. The number of anilines is 1. The Morgan fingerprint density at radius 2 is 1.72 bits per heavy atom. The molecule has 25 heavy (non-hydrogen) atoms. The highest BCUT2D eigenvalue weighted by Gasteiger charge is 2.38. The summed E-state index contributed by atoms with van der Waals surface area (Å²) in [4.78, 5) is 26.8. The molecule has 0 aromatic heterocycles. The third-order valence-electron chi connectivity index (χ3n) is 5.06. The Bertz CT molecular complexity index is 623. The maximum Gasteiger partial charge on any atom is 0.253 e. The first-order valence-corrected chi connectivity index (χ1v) is 8.70. The molecule has 2 aliphatic heterocycles. The third-order valence-corrected chi connectivity index (χ3v) is 5.06. The molecule has 0 spiro atoms. The van der Waals surface area contributed by atoms with Crippen molar-refractivity contribution in [2.24, 2.45) is 11.1 Å². The molecule has 2 fully saturated rings. The normalized spacial score (nSPS) is 20.1. The standard InChI is InChI=1S/C18H25N3O4/c19-17(23)18(5-9-24-10-6-18)13-20-16(22)14-3-1-2-4-15(14)21-7-11-25-12-8-21/h1-4H,5-13H2,(H2,19,23)(H,20,22). The van der Waals surface area contributed by atoms with Crippen LogP contribution in [0.5, 0.6) is 0 Å². The number of para-hydroxylation sites is 1. The van der Waals surface area contributed by atoms with Crippen LogP contribution in [0.2, 0.25) is 0 Å². The molecule has 2 saturated heterocycles. The van der Waals surface area contributed by atoms with Crippen LogP contribution in [0.4, 0.5) is 5.69 Å². The number of nitrogens with zero attached hydrogens (tertiary/aromatic N) is 1. The fourth-order valence-electron chi connectivity index (χ4n) is 3.36. The molecule has 1 aromatic rings. The fourth-order valence-corrected chi connectivity index (χ4v) is 3.36. The summed E-state index contributed by atoms with van der Waals surface area (Å²) >= 11 is 0. The molecule has 7 heteroatoms. The largest absolute Gasteiger partial charge is 0.381 e. The Labute approximate surface area is 147 Å². The van der Waals surface area contributed by atoms with E-state index in [-0.39, 0.29) is 18.4 Å². The number of hydrogen-bond donors (Lipinski definition) is 2.